The molecule has 0 fully saturated rings. The summed E-state index contributed by atoms with van der Waals surface area (Å²) in [7, 11) is 0. The Kier molecular flexibility index (Phi) is 7.50. The van der Waals surface area contributed by atoms with Crippen LogP contribution < -0.4 is 5.32 Å². The zero-order valence-electron chi connectivity index (χ0n) is 16.9. The van der Waals surface area contributed by atoms with Crippen LogP contribution in [0.1, 0.15) is 51.5 Å². The molecule has 0 heterocycles. The highest BCUT2D eigenvalue weighted by molar-refractivity contribution is 5.97. The molecule has 0 saturated carbocycles. The molecular weight excluding hydrogens is 354 g/mol. The minimum Gasteiger partial charge on any atom is -0.461 e. The molecule has 0 aliphatic rings. The molecule has 0 unspecified atom stereocenters. The molecule has 0 atom stereocenters. The molecule has 5 nitrogen and oxygen atoms in total. The molecule has 0 saturated heterocycles. The van der Waals surface area contributed by atoms with Gasteiger partial charge in [0.1, 0.15) is 6.61 Å². The second-order valence-corrected chi connectivity index (χ2v) is 6.97. The van der Waals surface area contributed by atoms with Gasteiger partial charge in [-0.25, -0.2) is 0 Å². The van der Waals surface area contributed by atoms with Crippen molar-refractivity contribution in [2.24, 2.45) is 0 Å². The van der Waals surface area contributed by atoms with E-state index in [1.54, 1.807) is 6.92 Å². The first kappa shape index (κ1) is 21.4. The number of Topliss-reactive ketones (excluding diaryl/α,β-unsaturated/α-hetero) is 1. The molecule has 2 aromatic rings. The van der Waals surface area contributed by atoms with Gasteiger partial charge in [0.15, 0.2) is 5.78 Å². The van der Waals surface area contributed by atoms with E-state index >= 15 is 0 Å². The number of nitrogens with one attached hydrogen (secondary N) is 1. The van der Waals surface area contributed by atoms with Gasteiger partial charge in [-0.2, -0.15) is 0 Å². The van der Waals surface area contributed by atoms with E-state index in [0.29, 0.717) is 5.56 Å². The predicted molar refractivity (Wildman–Crippen MR) is 108 cm³/mol. The van der Waals surface area contributed by atoms with E-state index in [2.05, 4.69) is 5.32 Å². The summed E-state index contributed by atoms with van der Waals surface area (Å²) in [6.07, 6.45) is 0.384. The molecule has 2 aromatic carbocycles. The van der Waals surface area contributed by atoms with E-state index < -0.39 is 0 Å². The molecule has 0 bridgehead atoms. The van der Waals surface area contributed by atoms with Crippen molar-refractivity contribution >= 4 is 17.7 Å². The minimum atomic E-state index is -0.385. The maximum Gasteiger partial charge on any atom is 0.307 e. The number of hydrogen-bond acceptors (Lipinski definition) is 4. The largest absolute Gasteiger partial charge is 0.461 e. The number of carbonyl (C=O) groups excluding carboxylic acids is 3. The minimum absolute atomic E-state index is 0.00343. The van der Waals surface area contributed by atoms with Crippen molar-refractivity contribution in [1.29, 1.82) is 0 Å². The smallest absolute Gasteiger partial charge is 0.307 e. The third kappa shape index (κ3) is 5.78. The van der Waals surface area contributed by atoms with E-state index in [1.165, 1.54) is 0 Å². The quantitative estimate of drug-likeness (QED) is 0.560. The van der Waals surface area contributed by atoms with Crippen LogP contribution in [0, 0.1) is 20.8 Å². The molecule has 1 amide bonds. The number of rotatable bonds is 8. The summed E-state index contributed by atoms with van der Waals surface area (Å²) in [6, 6.07) is 11.4. The van der Waals surface area contributed by atoms with Gasteiger partial charge in [0.05, 0.1) is 12.8 Å². The SMILES string of the molecule is CC(=O)c1c(C)cc(C)c(COC(=O)CCNC(=O)Cc2ccccc2)c1C. The van der Waals surface area contributed by atoms with Crippen molar-refractivity contribution in [1.82, 2.24) is 5.32 Å². The van der Waals surface area contributed by atoms with E-state index in [4.69, 9.17) is 4.74 Å². The number of amides is 1. The van der Waals surface area contributed by atoms with Crippen LogP contribution in [0.2, 0.25) is 0 Å². The Morgan fingerprint density at radius 3 is 2.32 bits per heavy atom. The summed E-state index contributed by atoms with van der Waals surface area (Å²) >= 11 is 0. The monoisotopic (exact) mass is 381 g/mol. The van der Waals surface area contributed by atoms with Crippen LogP contribution in [0.4, 0.5) is 0 Å². The van der Waals surface area contributed by atoms with Gasteiger partial charge in [0.25, 0.3) is 0 Å². The maximum atomic E-state index is 12.0. The number of esters is 1. The van der Waals surface area contributed by atoms with Crippen molar-refractivity contribution in [3.05, 3.63) is 69.8 Å². The fourth-order valence-corrected chi connectivity index (χ4v) is 3.36. The lowest BCUT2D eigenvalue weighted by Gasteiger charge is -2.16. The van der Waals surface area contributed by atoms with Crippen LogP contribution in [-0.2, 0) is 27.4 Å². The number of aryl methyl sites for hydroxylation is 2. The summed E-state index contributed by atoms with van der Waals surface area (Å²) in [4.78, 5) is 35.8. The Hall–Kier alpha value is -2.95. The van der Waals surface area contributed by atoms with Gasteiger partial charge in [-0.1, -0.05) is 36.4 Å². The maximum absolute atomic E-state index is 12.0. The van der Waals surface area contributed by atoms with Gasteiger partial charge >= 0.3 is 5.97 Å². The van der Waals surface area contributed by atoms with Crippen molar-refractivity contribution in [3.63, 3.8) is 0 Å². The van der Waals surface area contributed by atoms with Crippen molar-refractivity contribution < 1.29 is 19.1 Å². The molecule has 0 aliphatic carbocycles. The summed E-state index contributed by atoms with van der Waals surface area (Å²) in [5.41, 5.74) is 5.24. The number of ketones is 1. The Balaban J connectivity index is 1.84. The summed E-state index contributed by atoms with van der Waals surface area (Å²) < 4.78 is 5.36. The van der Waals surface area contributed by atoms with Gasteiger partial charge in [-0.15, -0.1) is 0 Å². The number of benzene rings is 2. The third-order valence-corrected chi connectivity index (χ3v) is 4.72. The first-order valence-electron chi connectivity index (χ1n) is 9.36. The normalized spacial score (nSPS) is 10.4. The second kappa shape index (κ2) is 9.83. The molecule has 5 heteroatoms. The highest BCUT2D eigenvalue weighted by Gasteiger charge is 2.15. The second-order valence-electron chi connectivity index (χ2n) is 6.97. The predicted octanol–water partition coefficient (Wildman–Crippen LogP) is 3.61. The lowest BCUT2D eigenvalue weighted by molar-refractivity contribution is -0.144. The number of carbonyl (C=O) groups is 3. The first-order chi connectivity index (χ1) is 13.3. The van der Waals surface area contributed by atoms with Crippen LogP contribution in [0.5, 0.6) is 0 Å². The molecule has 28 heavy (non-hydrogen) atoms. The topological polar surface area (TPSA) is 72.5 Å². The fourth-order valence-electron chi connectivity index (χ4n) is 3.36. The van der Waals surface area contributed by atoms with E-state index in [9.17, 15) is 14.4 Å². The van der Waals surface area contributed by atoms with E-state index in [0.717, 1.165) is 27.8 Å². The van der Waals surface area contributed by atoms with Crippen LogP contribution in [-0.4, -0.2) is 24.2 Å². The van der Waals surface area contributed by atoms with Crippen molar-refractivity contribution in [2.75, 3.05) is 6.54 Å². The molecule has 0 radical (unpaired) electrons. The van der Waals surface area contributed by atoms with Crippen LogP contribution in [0.25, 0.3) is 0 Å². The number of ether oxygens (including phenoxy) is 1. The molecule has 0 spiro atoms. The Morgan fingerprint density at radius 2 is 1.68 bits per heavy atom. The standard InChI is InChI=1S/C23H27NO4/c1-15-12-16(2)23(18(4)25)17(3)20(15)14-28-22(27)10-11-24-21(26)13-19-8-6-5-7-9-19/h5-9,12H,10-11,13-14H2,1-4H3,(H,24,26). The van der Waals surface area contributed by atoms with Gasteiger partial charge in [0.2, 0.25) is 5.91 Å². The van der Waals surface area contributed by atoms with Gasteiger partial charge < -0.3 is 10.1 Å². The van der Waals surface area contributed by atoms with Crippen LogP contribution in [0.3, 0.4) is 0 Å². The van der Waals surface area contributed by atoms with Crippen molar-refractivity contribution in [3.8, 4) is 0 Å². The highest BCUT2D eigenvalue weighted by Crippen LogP contribution is 2.23. The Morgan fingerprint density at radius 1 is 1.00 bits per heavy atom. The van der Waals surface area contributed by atoms with Crippen LogP contribution >= 0.6 is 0 Å². The third-order valence-electron chi connectivity index (χ3n) is 4.72. The molecule has 1 N–H and O–H groups in total. The molecule has 2 rings (SSSR count). The lowest BCUT2D eigenvalue weighted by atomic mass is 9.92. The summed E-state index contributed by atoms with van der Waals surface area (Å²) in [5, 5.41) is 2.73. The summed E-state index contributed by atoms with van der Waals surface area (Å²) in [5.74, 6) is -0.511. The zero-order chi connectivity index (χ0) is 20.7. The average Bonchev–Trinajstić information content (AvgIpc) is 2.61. The highest BCUT2D eigenvalue weighted by atomic mass is 16.5. The first-order valence-corrected chi connectivity index (χ1v) is 9.36. The lowest BCUT2D eigenvalue weighted by Crippen LogP contribution is -2.28. The Bertz CT molecular complexity index is 872. The van der Waals surface area contributed by atoms with Crippen LogP contribution in [0.15, 0.2) is 36.4 Å². The Labute approximate surface area is 166 Å². The van der Waals surface area contributed by atoms with Gasteiger partial charge in [-0.3, -0.25) is 14.4 Å². The molecule has 0 aliphatic heterocycles. The molecule has 0 aromatic heterocycles. The van der Waals surface area contributed by atoms with E-state index in [1.807, 2.05) is 57.2 Å². The van der Waals surface area contributed by atoms with Gasteiger partial charge in [-0.05, 0) is 55.5 Å². The molecule has 148 valence electrons. The fraction of sp³-hybridized carbons (Fsp3) is 0.348. The van der Waals surface area contributed by atoms with E-state index in [-0.39, 0.29) is 43.7 Å². The van der Waals surface area contributed by atoms with Crippen molar-refractivity contribution in [2.45, 2.75) is 47.1 Å². The number of hydrogen-bond donors (Lipinski definition) is 1. The average molecular weight is 381 g/mol. The zero-order valence-corrected chi connectivity index (χ0v) is 16.9. The van der Waals surface area contributed by atoms with Gasteiger partial charge in [0, 0.05) is 12.1 Å². The summed E-state index contributed by atoms with van der Waals surface area (Å²) in [6.45, 7) is 7.62. The molecular formula is C23H27NO4.